The number of rotatable bonds is 9. The Labute approximate surface area is 237 Å². The molecular formula is C25H45N5O4S2Si2. The number of imidazole rings is 1. The van der Waals surface area contributed by atoms with Crippen LogP contribution in [0.4, 0.5) is 5.82 Å². The van der Waals surface area contributed by atoms with E-state index in [-0.39, 0.29) is 45.9 Å². The van der Waals surface area contributed by atoms with Crippen molar-refractivity contribution in [2.45, 2.75) is 115 Å². The van der Waals surface area contributed by atoms with E-state index in [0.29, 0.717) is 23.6 Å². The molecule has 214 valence electrons. The zero-order valence-corrected chi connectivity index (χ0v) is 27.8. The van der Waals surface area contributed by atoms with E-state index in [2.05, 4.69) is 77.3 Å². The highest BCUT2D eigenvalue weighted by molar-refractivity contribution is 8.77. The molecule has 4 atom stereocenters. The molecule has 13 heteroatoms. The van der Waals surface area contributed by atoms with Crippen molar-refractivity contribution >= 4 is 55.7 Å². The van der Waals surface area contributed by atoms with Gasteiger partial charge in [-0.2, -0.15) is 0 Å². The molecule has 0 saturated carbocycles. The first kappa shape index (κ1) is 30.3. The highest BCUT2D eigenvalue weighted by Gasteiger charge is 2.62. The summed E-state index contributed by atoms with van der Waals surface area (Å²) < 4.78 is 30.7. The maximum atomic E-state index is 7.41. The Hall–Kier alpha value is -0.676. The molecule has 2 aromatic rings. The number of nitrogens with zero attached hydrogens (tertiary/aromatic N) is 4. The van der Waals surface area contributed by atoms with Gasteiger partial charge in [-0.15, -0.1) is 0 Å². The first-order valence-electron chi connectivity index (χ1n) is 13.9. The minimum atomic E-state index is -2.77. The van der Waals surface area contributed by atoms with Gasteiger partial charge >= 0.3 is 17.1 Å². The Bertz CT molecular complexity index is 1070. The van der Waals surface area contributed by atoms with Crippen molar-refractivity contribution < 1.29 is 17.7 Å². The standard InChI is InChI=1S/C25H45N5O4S2Si2/c1-10-11-35-36-22-21-19(32-25(22)30-14-29-20-23(26)27-13-28-24(20)30)12-31-37(15(2)3,16(4)5)34-38(33-21,17(6)7)18(8)9/h13-19,21-22,25H,10-12H2,1-9H3,(H2,26,27,28)/t19-,21+,22?,25-/m1/s1. The highest BCUT2D eigenvalue weighted by Crippen LogP contribution is 2.52. The number of anilines is 1. The summed E-state index contributed by atoms with van der Waals surface area (Å²) in [5.74, 6) is 1.41. The third-order valence-electron chi connectivity index (χ3n) is 7.74. The fourth-order valence-corrected chi connectivity index (χ4v) is 20.0. The summed E-state index contributed by atoms with van der Waals surface area (Å²) in [6.07, 6.45) is 3.60. The van der Waals surface area contributed by atoms with Crippen LogP contribution < -0.4 is 5.73 Å². The number of hydrogen-bond acceptors (Lipinski definition) is 10. The minimum Gasteiger partial charge on any atom is -0.414 e. The van der Waals surface area contributed by atoms with E-state index >= 15 is 0 Å². The van der Waals surface area contributed by atoms with Crippen molar-refractivity contribution in [1.82, 2.24) is 19.5 Å². The Balaban J connectivity index is 1.81. The molecule has 2 aromatic heterocycles. The lowest BCUT2D eigenvalue weighted by molar-refractivity contribution is -0.0544. The van der Waals surface area contributed by atoms with Crippen LogP contribution in [0.2, 0.25) is 22.2 Å². The van der Waals surface area contributed by atoms with Gasteiger partial charge in [0.05, 0.1) is 24.3 Å². The van der Waals surface area contributed by atoms with Crippen LogP contribution in [0.3, 0.4) is 0 Å². The Morgan fingerprint density at radius 1 is 1.00 bits per heavy atom. The summed E-state index contributed by atoms with van der Waals surface area (Å²) in [7, 11) is -1.72. The molecule has 2 fully saturated rings. The summed E-state index contributed by atoms with van der Waals surface area (Å²) in [6.45, 7) is 20.6. The van der Waals surface area contributed by atoms with Crippen LogP contribution in [0, 0.1) is 0 Å². The molecule has 4 rings (SSSR count). The van der Waals surface area contributed by atoms with Gasteiger partial charge in [-0.1, -0.05) is 83.9 Å². The monoisotopic (exact) mass is 599 g/mol. The summed E-state index contributed by atoms with van der Waals surface area (Å²) in [5, 5.41) is -0.00557. The molecule has 2 aliphatic heterocycles. The van der Waals surface area contributed by atoms with Crippen LogP contribution in [0.25, 0.3) is 11.2 Å². The number of ether oxygens (including phenoxy) is 1. The normalized spacial score (nSPS) is 27.4. The second-order valence-electron chi connectivity index (χ2n) is 11.6. The van der Waals surface area contributed by atoms with Gasteiger partial charge in [-0.3, -0.25) is 4.57 Å². The van der Waals surface area contributed by atoms with Crippen LogP contribution >= 0.6 is 21.6 Å². The van der Waals surface area contributed by atoms with E-state index in [1.165, 1.54) is 6.33 Å². The molecule has 0 aromatic carbocycles. The Kier molecular flexibility index (Phi) is 9.61. The van der Waals surface area contributed by atoms with Crippen LogP contribution in [0.5, 0.6) is 0 Å². The van der Waals surface area contributed by atoms with E-state index in [1.54, 1.807) is 6.33 Å². The maximum Gasteiger partial charge on any atom is 0.335 e. The summed E-state index contributed by atoms with van der Waals surface area (Å²) in [4.78, 5) is 13.2. The van der Waals surface area contributed by atoms with Crippen LogP contribution in [-0.4, -0.2) is 66.5 Å². The highest BCUT2D eigenvalue weighted by atomic mass is 33.1. The number of nitrogen functional groups attached to an aromatic ring is 1. The molecule has 0 spiro atoms. The molecule has 0 aliphatic carbocycles. The van der Waals surface area contributed by atoms with Gasteiger partial charge < -0.3 is 23.4 Å². The second kappa shape index (κ2) is 12.1. The first-order valence-corrected chi connectivity index (χ1v) is 20.2. The molecule has 38 heavy (non-hydrogen) atoms. The molecular weight excluding hydrogens is 555 g/mol. The van der Waals surface area contributed by atoms with Crippen molar-refractivity contribution in [1.29, 1.82) is 0 Å². The lowest BCUT2D eigenvalue weighted by Crippen LogP contribution is -2.65. The van der Waals surface area contributed by atoms with E-state index in [4.69, 9.17) is 23.4 Å². The molecule has 0 bridgehead atoms. The number of hydrogen-bond donors (Lipinski definition) is 1. The lowest BCUT2D eigenvalue weighted by Gasteiger charge is -2.51. The molecule has 0 amide bonds. The first-order chi connectivity index (χ1) is 18.0. The number of aromatic nitrogens is 4. The van der Waals surface area contributed by atoms with Gasteiger partial charge in [0.25, 0.3) is 0 Å². The van der Waals surface area contributed by atoms with Gasteiger partial charge in [0.1, 0.15) is 17.9 Å². The lowest BCUT2D eigenvalue weighted by atomic mass is 10.2. The van der Waals surface area contributed by atoms with Crippen molar-refractivity contribution in [3.63, 3.8) is 0 Å². The predicted molar refractivity (Wildman–Crippen MR) is 162 cm³/mol. The van der Waals surface area contributed by atoms with Gasteiger partial charge in [0.15, 0.2) is 17.7 Å². The van der Waals surface area contributed by atoms with E-state index in [1.807, 2.05) is 26.2 Å². The zero-order chi connectivity index (χ0) is 27.8. The van der Waals surface area contributed by atoms with E-state index in [9.17, 15) is 0 Å². The predicted octanol–water partition coefficient (Wildman–Crippen LogP) is 6.42. The molecule has 0 radical (unpaired) electrons. The van der Waals surface area contributed by atoms with Gasteiger partial charge in [0.2, 0.25) is 0 Å². The largest absolute Gasteiger partial charge is 0.414 e. The molecule has 2 saturated heterocycles. The number of fused-ring (bicyclic) bond motifs is 2. The summed E-state index contributed by atoms with van der Waals surface area (Å²) in [6, 6.07) is 0. The SMILES string of the molecule is CCCSSC1[C@H]2O[Si](C(C)C)(C(C)C)O[Si](C(C)C)(C(C)C)OC[C@H]2O[C@H]1n1cnc2c(N)ncnc21. The quantitative estimate of drug-likeness (QED) is 0.197. The van der Waals surface area contributed by atoms with Gasteiger partial charge in [-0.05, 0) is 28.6 Å². The average molecular weight is 600 g/mol. The Morgan fingerprint density at radius 2 is 1.66 bits per heavy atom. The number of nitrogens with two attached hydrogens (primary N) is 1. The van der Waals surface area contributed by atoms with Crippen molar-refractivity contribution in [2.75, 3.05) is 18.1 Å². The smallest absolute Gasteiger partial charge is 0.335 e. The molecule has 1 unspecified atom stereocenters. The van der Waals surface area contributed by atoms with Gasteiger partial charge in [-0.25, -0.2) is 15.0 Å². The van der Waals surface area contributed by atoms with Crippen LogP contribution in [-0.2, 0) is 17.7 Å². The minimum absolute atomic E-state index is 0.00557. The fourth-order valence-electron chi connectivity index (χ4n) is 5.72. The molecule has 2 aliphatic rings. The van der Waals surface area contributed by atoms with Crippen molar-refractivity contribution in [3.8, 4) is 0 Å². The fraction of sp³-hybridized carbons (Fsp3) is 0.800. The van der Waals surface area contributed by atoms with Gasteiger partial charge in [0, 0.05) is 5.75 Å². The molecule has 4 heterocycles. The second-order valence-corrected chi connectivity index (χ2v) is 23.1. The third-order valence-corrected chi connectivity index (χ3v) is 21.0. The van der Waals surface area contributed by atoms with Crippen molar-refractivity contribution in [3.05, 3.63) is 12.7 Å². The topological polar surface area (TPSA) is 107 Å². The summed E-state index contributed by atoms with van der Waals surface area (Å²) in [5.41, 5.74) is 8.45. The third kappa shape index (κ3) is 5.33. The van der Waals surface area contributed by atoms with Crippen LogP contribution in [0.1, 0.15) is 75.0 Å². The van der Waals surface area contributed by atoms with Crippen LogP contribution in [0.15, 0.2) is 12.7 Å². The van der Waals surface area contributed by atoms with Crippen molar-refractivity contribution in [2.24, 2.45) is 0 Å². The maximum absolute atomic E-state index is 7.41. The average Bonchev–Trinajstić information content (AvgIpc) is 3.41. The Morgan fingerprint density at radius 3 is 2.26 bits per heavy atom. The molecule has 9 nitrogen and oxygen atoms in total. The summed E-state index contributed by atoms with van der Waals surface area (Å²) >= 11 is 0. The molecule has 2 N–H and O–H groups in total. The van der Waals surface area contributed by atoms with E-state index < -0.39 is 17.1 Å². The van der Waals surface area contributed by atoms with E-state index in [0.717, 1.165) is 12.2 Å². The zero-order valence-electron chi connectivity index (χ0n) is 24.2.